The first kappa shape index (κ1) is 4.37. The molecule has 0 unspecified atom stereocenters. The lowest BCUT2D eigenvalue weighted by Crippen LogP contribution is -1.79. The van der Waals surface area contributed by atoms with Crippen molar-refractivity contribution in [3.8, 4) is 5.75 Å². The SMILES string of the molecule is COc1c(C)c1=O. The van der Waals surface area contributed by atoms with Crippen molar-refractivity contribution >= 4 is 0 Å². The molecule has 1 aromatic rings. The Balaban J connectivity index is 2.81. The van der Waals surface area contributed by atoms with Crippen molar-refractivity contribution in [1.82, 2.24) is 0 Å². The maximum absolute atomic E-state index is 10.2. The highest BCUT2D eigenvalue weighted by atomic mass is 16.5. The average Bonchev–Trinajstić information content (AvgIpc) is 2.17. The van der Waals surface area contributed by atoms with Crippen LogP contribution < -0.4 is 10.2 Å². The minimum Gasteiger partial charge on any atom is -0.492 e. The minimum absolute atomic E-state index is 0.0718. The van der Waals surface area contributed by atoms with E-state index in [-0.39, 0.29) is 5.43 Å². The fourth-order valence-corrected chi connectivity index (χ4v) is 0.482. The predicted molar refractivity (Wildman–Crippen MR) is 26.4 cm³/mol. The number of hydrogen-bond donors (Lipinski definition) is 0. The van der Waals surface area contributed by atoms with E-state index in [0.29, 0.717) is 5.75 Å². The summed E-state index contributed by atoms with van der Waals surface area (Å²) in [4.78, 5) is 10.2. The smallest absolute Gasteiger partial charge is 0.227 e. The summed E-state index contributed by atoms with van der Waals surface area (Å²) >= 11 is 0. The van der Waals surface area contributed by atoms with E-state index in [0.717, 1.165) is 5.56 Å². The van der Waals surface area contributed by atoms with Crippen LogP contribution in [0.15, 0.2) is 4.79 Å². The summed E-state index contributed by atoms with van der Waals surface area (Å²) in [6, 6.07) is 0. The summed E-state index contributed by atoms with van der Waals surface area (Å²) in [5.74, 6) is 0.542. The molecule has 0 radical (unpaired) electrons. The number of ether oxygens (including phenoxy) is 1. The lowest BCUT2D eigenvalue weighted by Gasteiger charge is -1.78. The van der Waals surface area contributed by atoms with Crippen molar-refractivity contribution in [2.75, 3.05) is 7.11 Å². The first-order valence-electron chi connectivity index (χ1n) is 2.07. The van der Waals surface area contributed by atoms with Crippen LogP contribution in [0.4, 0.5) is 0 Å². The molecule has 1 aromatic carbocycles. The summed E-state index contributed by atoms with van der Waals surface area (Å²) in [5, 5.41) is 0. The van der Waals surface area contributed by atoms with E-state index in [2.05, 4.69) is 4.74 Å². The molecule has 0 fully saturated rings. The Morgan fingerprint density at radius 1 is 1.57 bits per heavy atom. The van der Waals surface area contributed by atoms with Gasteiger partial charge in [0.05, 0.1) is 7.11 Å². The molecule has 0 heterocycles. The summed E-state index contributed by atoms with van der Waals surface area (Å²) in [6.45, 7) is 1.75. The van der Waals surface area contributed by atoms with Gasteiger partial charge in [0.15, 0.2) is 5.75 Å². The van der Waals surface area contributed by atoms with Crippen molar-refractivity contribution in [3.05, 3.63) is 15.8 Å². The third-order valence-electron chi connectivity index (χ3n) is 1.03. The molecule has 0 amide bonds. The Morgan fingerprint density at radius 2 is 2.00 bits per heavy atom. The van der Waals surface area contributed by atoms with Gasteiger partial charge in [0, 0.05) is 5.56 Å². The Kier molecular flexibility index (Phi) is 0.680. The van der Waals surface area contributed by atoms with Gasteiger partial charge in [-0.15, -0.1) is 0 Å². The second-order valence-electron chi connectivity index (χ2n) is 1.49. The van der Waals surface area contributed by atoms with E-state index in [4.69, 9.17) is 0 Å². The van der Waals surface area contributed by atoms with E-state index in [9.17, 15) is 4.79 Å². The van der Waals surface area contributed by atoms with Crippen LogP contribution in [0.3, 0.4) is 0 Å². The molecule has 0 aliphatic heterocycles. The molecule has 0 aliphatic rings. The molecule has 0 saturated carbocycles. The largest absolute Gasteiger partial charge is 0.492 e. The number of hydrogen-bond acceptors (Lipinski definition) is 2. The van der Waals surface area contributed by atoms with Crippen molar-refractivity contribution in [1.29, 1.82) is 0 Å². The van der Waals surface area contributed by atoms with Crippen LogP contribution in [-0.2, 0) is 0 Å². The Bertz CT molecular complexity index is 181. The van der Waals surface area contributed by atoms with E-state index < -0.39 is 0 Å². The molecule has 0 bridgehead atoms. The normalized spacial score (nSPS) is 10.0. The maximum Gasteiger partial charge on any atom is 0.227 e. The zero-order valence-electron chi connectivity index (χ0n) is 4.32. The Morgan fingerprint density at radius 3 is 2.00 bits per heavy atom. The van der Waals surface area contributed by atoms with Crippen molar-refractivity contribution in [3.63, 3.8) is 0 Å². The Hall–Kier alpha value is -0.790. The highest BCUT2D eigenvalue weighted by Crippen LogP contribution is 2.15. The van der Waals surface area contributed by atoms with Gasteiger partial charge in [-0.3, -0.25) is 4.79 Å². The van der Waals surface area contributed by atoms with Crippen molar-refractivity contribution in [2.45, 2.75) is 6.92 Å². The third-order valence-corrected chi connectivity index (χ3v) is 1.03. The van der Waals surface area contributed by atoms with E-state index in [1.165, 1.54) is 7.11 Å². The minimum atomic E-state index is 0.0718. The molecule has 0 N–H and O–H groups in total. The van der Waals surface area contributed by atoms with Gasteiger partial charge in [-0.2, -0.15) is 0 Å². The first-order valence-corrected chi connectivity index (χ1v) is 2.07. The summed E-state index contributed by atoms with van der Waals surface area (Å²) in [5.41, 5.74) is 0.838. The Labute approximate surface area is 41.4 Å². The first-order chi connectivity index (χ1) is 3.27. The van der Waals surface area contributed by atoms with E-state index in [1.54, 1.807) is 6.92 Å². The summed E-state index contributed by atoms with van der Waals surface area (Å²) in [6.07, 6.45) is 0. The van der Waals surface area contributed by atoms with Crippen molar-refractivity contribution < 1.29 is 4.74 Å². The molecular formula is C5H6O2. The number of methoxy groups -OCH3 is 1. The molecule has 2 nitrogen and oxygen atoms in total. The number of rotatable bonds is 1. The fraction of sp³-hybridized carbons (Fsp3) is 0.400. The molecule has 0 aliphatic carbocycles. The lowest BCUT2D eigenvalue weighted by molar-refractivity contribution is 0.424. The molecule has 0 atom stereocenters. The standard InChI is InChI=1S/C5H6O2/c1-3-4(6)5(3)7-2/h1-2H3. The summed E-state index contributed by atoms with van der Waals surface area (Å²) < 4.78 is 4.62. The second kappa shape index (κ2) is 1.09. The van der Waals surface area contributed by atoms with E-state index >= 15 is 0 Å². The molecule has 38 valence electrons. The quantitative estimate of drug-likeness (QED) is 0.503. The van der Waals surface area contributed by atoms with Crippen LogP contribution in [0.25, 0.3) is 0 Å². The van der Waals surface area contributed by atoms with Crippen LogP contribution in [0, 0.1) is 6.92 Å². The predicted octanol–water partition coefficient (Wildman–Crippen LogP) is 0.239. The molecule has 2 heteroatoms. The van der Waals surface area contributed by atoms with Crippen LogP contribution in [0.5, 0.6) is 5.75 Å². The molecule has 0 spiro atoms. The maximum atomic E-state index is 10.2. The van der Waals surface area contributed by atoms with Gasteiger partial charge in [-0.25, -0.2) is 0 Å². The molecule has 0 saturated heterocycles. The highest BCUT2D eigenvalue weighted by molar-refractivity contribution is 5.44. The monoisotopic (exact) mass is 98.0 g/mol. The van der Waals surface area contributed by atoms with Gasteiger partial charge in [-0.05, 0) is 6.92 Å². The van der Waals surface area contributed by atoms with Gasteiger partial charge in [0.2, 0.25) is 5.43 Å². The van der Waals surface area contributed by atoms with E-state index in [1.807, 2.05) is 0 Å². The lowest BCUT2D eigenvalue weighted by atomic mass is 10.6. The van der Waals surface area contributed by atoms with Crippen LogP contribution in [0.1, 0.15) is 5.56 Å². The third kappa shape index (κ3) is 0.427. The van der Waals surface area contributed by atoms with Crippen LogP contribution in [-0.4, -0.2) is 7.11 Å². The molecule has 7 heavy (non-hydrogen) atoms. The van der Waals surface area contributed by atoms with Crippen LogP contribution >= 0.6 is 0 Å². The van der Waals surface area contributed by atoms with Gasteiger partial charge < -0.3 is 4.74 Å². The van der Waals surface area contributed by atoms with Gasteiger partial charge in [0.1, 0.15) is 0 Å². The highest BCUT2D eigenvalue weighted by Gasteiger charge is 2.16. The van der Waals surface area contributed by atoms with Gasteiger partial charge in [0.25, 0.3) is 0 Å². The second-order valence-corrected chi connectivity index (χ2v) is 1.49. The van der Waals surface area contributed by atoms with Crippen LogP contribution in [0.2, 0.25) is 0 Å². The molecule has 0 aromatic heterocycles. The summed E-state index contributed by atoms with van der Waals surface area (Å²) in [7, 11) is 1.50. The molecule has 1 rings (SSSR count). The van der Waals surface area contributed by atoms with Gasteiger partial charge in [-0.1, -0.05) is 0 Å². The van der Waals surface area contributed by atoms with Crippen molar-refractivity contribution in [2.24, 2.45) is 0 Å². The van der Waals surface area contributed by atoms with Gasteiger partial charge >= 0.3 is 0 Å². The molecular weight excluding hydrogens is 92.1 g/mol. The zero-order chi connectivity index (χ0) is 5.44. The average molecular weight is 98.1 g/mol. The fourth-order valence-electron chi connectivity index (χ4n) is 0.482. The zero-order valence-corrected chi connectivity index (χ0v) is 4.32. The topological polar surface area (TPSA) is 26.3 Å².